The van der Waals surface area contributed by atoms with Gasteiger partial charge in [0.25, 0.3) is 0 Å². The lowest BCUT2D eigenvalue weighted by Crippen LogP contribution is -2.20. The molecule has 0 N–H and O–H groups in total. The van der Waals surface area contributed by atoms with Gasteiger partial charge in [-0.1, -0.05) is 26.7 Å². The van der Waals surface area contributed by atoms with Crippen molar-refractivity contribution < 1.29 is 23.8 Å². The van der Waals surface area contributed by atoms with Crippen molar-refractivity contribution in [1.82, 2.24) is 0 Å². The molecule has 1 atom stereocenters. The van der Waals surface area contributed by atoms with E-state index in [0.717, 1.165) is 25.7 Å². The van der Waals surface area contributed by atoms with Gasteiger partial charge in [-0.25, -0.2) is 0 Å². The van der Waals surface area contributed by atoms with Gasteiger partial charge in [0, 0.05) is 6.92 Å². The van der Waals surface area contributed by atoms with E-state index in [2.05, 4.69) is 6.92 Å². The lowest BCUT2D eigenvalue weighted by atomic mass is 10.00. The Bertz CT molecular complexity index is 252. The molecule has 0 aromatic carbocycles. The zero-order valence-corrected chi connectivity index (χ0v) is 12.3. The number of carbonyl (C=O) groups excluding carboxylic acids is 2. The molecule has 0 spiro atoms. The normalized spacial score (nSPS) is 11.9. The van der Waals surface area contributed by atoms with E-state index in [9.17, 15) is 9.59 Å². The molecule has 0 aromatic rings. The molecule has 0 fully saturated rings. The monoisotopic (exact) mass is 274 g/mol. The Balaban J connectivity index is 3.53. The Morgan fingerprint density at radius 3 is 2.16 bits per heavy atom. The van der Waals surface area contributed by atoms with Crippen molar-refractivity contribution in [3.63, 3.8) is 0 Å². The molecule has 0 radical (unpaired) electrons. The maximum Gasteiger partial charge on any atom is 0.308 e. The van der Waals surface area contributed by atoms with Gasteiger partial charge in [-0.3, -0.25) is 9.59 Å². The largest absolute Gasteiger partial charge is 0.463 e. The van der Waals surface area contributed by atoms with Gasteiger partial charge in [0.1, 0.15) is 13.2 Å². The fourth-order valence-corrected chi connectivity index (χ4v) is 1.60. The second kappa shape index (κ2) is 12.0. The van der Waals surface area contributed by atoms with Crippen molar-refractivity contribution >= 4 is 11.9 Å². The third-order valence-electron chi connectivity index (χ3n) is 2.74. The highest BCUT2D eigenvalue weighted by molar-refractivity contribution is 5.72. The molecule has 0 aromatic heterocycles. The molecule has 0 bridgehead atoms. The predicted molar refractivity (Wildman–Crippen MR) is 71.7 cm³/mol. The third kappa shape index (κ3) is 10.5. The molecular formula is C14H26O5. The van der Waals surface area contributed by atoms with Gasteiger partial charge in [-0.2, -0.15) is 0 Å². The van der Waals surface area contributed by atoms with Gasteiger partial charge in [0.15, 0.2) is 0 Å². The molecule has 0 heterocycles. The maximum absolute atomic E-state index is 11.7. The molecule has 0 aliphatic rings. The predicted octanol–water partition coefficient (Wildman–Crippen LogP) is 2.33. The third-order valence-corrected chi connectivity index (χ3v) is 2.74. The minimum atomic E-state index is -0.322. The second-order valence-electron chi connectivity index (χ2n) is 4.37. The molecule has 0 aliphatic carbocycles. The Morgan fingerprint density at radius 2 is 1.63 bits per heavy atom. The first-order valence-electron chi connectivity index (χ1n) is 6.99. The summed E-state index contributed by atoms with van der Waals surface area (Å²) in [4.78, 5) is 22.2. The summed E-state index contributed by atoms with van der Waals surface area (Å²) < 4.78 is 15.0. The number of unbranched alkanes of at least 4 members (excludes halogenated alkanes) is 1. The van der Waals surface area contributed by atoms with Crippen LogP contribution >= 0.6 is 0 Å². The fourth-order valence-electron chi connectivity index (χ4n) is 1.60. The lowest BCUT2D eigenvalue weighted by molar-refractivity contribution is -0.150. The van der Waals surface area contributed by atoms with Gasteiger partial charge >= 0.3 is 11.9 Å². The number of hydrogen-bond donors (Lipinski definition) is 0. The van der Waals surface area contributed by atoms with Crippen LogP contribution in [0.15, 0.2) is 0 Å². The van der Waals surface area contributed by atoms with Crippen LogP contribution in [0.3, 0.4) is 0 Å². The standard InChI is InChI=1S/C14H26O5/c1-4-6-7-13(5-2)14(16)19-11-9-17-8-10-18-12(3)15/h13H,4-11H2,1-3H3. The summed E-state index contributed by atoms with van der Waals surface area (Å²) in [6.45, 7) is 6.59. The summed E-state index contributed by atoms with van der Waals surface area (Å²) >= 11 is 0. The second-order valence-corrected chi connectivity index (χ2v) is 4.37. The summed E-state index contributed by atoms with van der Waals surface area (Å²) in [6, 6.07) is 0. The molecule has 0 saturated carbocycles. The van der Waals surface area contributed by atoms with Crippen molar-refractivity contribution in [3.05, 3.63) is 0 Å². The Kier molecular flexibility index (Phi) is 11.3. The minimum absolute atomic E-state index is 0.000922. The summed E-state index contributed by atoms with van der Waals surface area (Å²) in [6.07, 6.45) is 3.83. The first kappa shape index (κ1) is 17.9. The van der Waals surface area contributed by atoms with E-state index in [4.69, 9.17) is 14.2 Å². The van der Waals surface area contributed by atoms with Crippen LogP contribution in [0, 0.1) is 5.92 Å². The van der Waals surface area contributed by atoms with E-state index in [1.54, 1.807) is 0 Å². The van der Waals surface area contributed by atoms with Crippen LogP contribution in [0.1, 0.15) is 46.5 Å². The maximum atomic E-state index is 11.7. The molecule has 0 aliphatic heterocycles. The van der Waals surface area contributed by atoms with Crippen molar-refractivity contribution in [2.24, 2.45) is 5.92 Å². The van der Waals surface area contributed by atoms with Crippen LogP contribution in [0.25, 0.3) is 0 Å². The van der Waals surface area contributed by atoms with Gasteiger partial charge < -0.3 is 14.2 Å². The Morgan fingerprint density at radius 1 is 1.00 bits per heavy atom. The van der Waals surface area contributed by atoms with E-state index in [1.165, 1.54) is 6.92 Å². The molecule has 0 amide bonds. The van der Waals surface area contributed by atoms with Crippen LogP contribution in [-0.2, 0) is 23.8 Å². The number of hydrogen-bond acceptors (Lipinski definition) is 5. The number of ether oxygens (including phenoxy) is 3. The first-order chi connectivity index (χ1) is 9.11. The topological polar surface area (TPSA) is 61.8 Å². The molecule has 0 saturated heterocycles. The van der Waals surface area contributed by atoms with Crippen LogP contribution < -0.4 is 0 Å². The quantitative estimate of drug-likeness (QED) is 0.427. The first-order valence-corrected chi connectivity index (χ1v) is 6.99. The SMILES string of the molecule is CCCCC(CC)C(=O)OCCOCCOC(C)=O. The molecule has 5 heteroatoms. The van der Waals surface area contributed by atoms with E-state index in [-0.39, 0.29) is 31.1 Å². The molecule has 5 nitrogen and oxygen atoms in total. The summed E-state index contributed by atoms with van der Waals surface area (Å²) in [5, 5.41) is 0. The lowest BCUT2D eigenvalue weighted by Gasteiger charge is -2.13. The number of esters is 2. The average Bonchev–Trinajstić information content (AvgIpc) is 2.38. The molecular weight excluding hydrogens is 248 g/mol. The van der Waals surface area contributed by atoms with Gasteiger partial charge in [0.2, 0.25) is 0 Å². The van der Waals surface area contributed by atoms with E-state index >= 15 is 0 Å². The molecule has 19 heavy (non-hydrogen) atoms. The number of rotatable bonds is 11. The minimum Gasteiger partial charge on any atom is -0.463 e. The molecule has 1 unspecified atom stereocenters. The summed E-state index contributed by atoms with van der Waals surface area (Å²) in [7, 11) is 0. The van der Waals surface area contributed by atoms with Crippen molar-refractivity contribution in [2.75, 3.05) is 26.4 Å². The molecule has 112 valence electrons. The molecule has 0 rings (SSSR count). The van der Waals surface area contributed by atoms with Crippen LogP contribution in [0.5, 0.6) is 0 Å². The van der Waals surface area contributed by atoms with Gasteiger partial charge in [0.05, 0.1) is 19.1 Å². The Hall–Kier alpha value is -1.10. The zero-order chi connectivity index (χ0) is 14.5. The number of carbonyl (C=O) groups is 2. The van der Waals surface area contributed by atoms with Crippen LogP contribution in [0.2, 0.25) is 0 Å². The van der Waals surface area contributed by atoms with E-state index in [1.807, 2.05) is 6.92 Å². The summed E-state index contributed by atoms with van der Waals surface area (Å²) in [5.41, 5.74) is 0. The average molecular weight is 274 g/mol. The van der Waals surface area contributed by atoms with Gasteiger partial charge in [-0.15, -0.1) is 0 Å². The van der Waals surface area contributed by atoms with E-state index < -0.39 is 0 Å². The van der Waals surface area contributed by atoms with Crippen LogP contribution in [0.4, 0.5) is 0 Å². The highest BCUT2D eigenvalue weighted by Gasteiger charge is 2.16. The van der Waals surface area contributed by atoms with Crippen molar-refractivity contribution in [1.29, 1.82) is 0 Å². The summed E-state index contributed by atoms with van der Waals surface area (Å²) in [5.74, 6) is -0.461. The smallest absolute Gasteiger partial charge is 0.308 e. The fraction of sp³-hybridized carbons (Fsp3) is 0.857. The highest BCUT2D eigenvalue weighted by atomic mass is 16.6. The van der Waals surface area contributed by atoms with Gasteiger partial charge in [-0.05, 0) is 12.8 Å². The zero-order valence-electron chi connectivity index (χ0n) is 12.3. The highest BCUT2D eigenvalue weighted by Crippen LogP contribution is 2.14. The van der Waals surface area contributed by atoms with Crippen LogP contribution in [-0.4, -0.2) is 38.4 Å². The van der Waals surface area contributed by atoms with Crippen molar-refractivity contribution in [2.45, 2.75) is 46.5 Å². The van der Waals surface area contributed by atoms with Crippen molar-refractivity contribution in [3.8, 4) is 0 Å². The van der Waals surface area contributed by atoms with E-state index in [0.29, 0.717) is 13.2 Å². The Labute approximate surface area is 115 Å².